The minimum Gasteiger partial charge on any atom is -0.508 e. The molecular formula is C14H11NO. The Morgan fingerprint density at radius 3 is 2.38 bits per heavy atom. The zero-order valence-corrected chi connectivity index (χ0v) is 8.64. The van der Waals surface area contributed by atoms with Crippen LogP contribution in [0.15, 0.2) is 48.5 Å². The predicted octanol–water partition coefficient (Wildman–Crippen LogP) is 3.28. The number of hydrogen-bond acceptors (Lipinski definition) is 2. The van der Waals surface area contributed by atoms with Gasteiger partial charge in [0.05, 0.1) is 0 Å². The molecule has 3 aromatic rings. The molecule has 0 bridgehead atoms. The second-order valence-corrected chi connectivity index (χ2v) is 3.92. The molecule has 0 heterocycles. The first-order valence-electron chi connectivity index (χ1n) is 5.16. The van der Waals surface area contributed by atoms with Crippen molar-refractivity contribution in [2.24, 2.45) is 0 Å². The van der Waals surface area contributed by atoms with Crippen molar-refractivity contribution >= 4 is 27.2 Å². The van der Waals surface area contributed by atoms with E-state index < -0.39 is 0 Å². The van der Waals surface area contributed by atoms with Crippen LogP contribution in [0.5, 0.6) is 5.75 Å². The molecule has 0 aliphatic carbocycles. The van der Waals surface area contributed by atoms with E-state index in [0.29, 0.717) is 0 Å². The van der Waals surface area contributed by atoms with Gasteiger partial charge in [-0.2, -0.15) is 0 Å². The van der Waals surface area contributed by atoms with Crippen LogP contribution < -0.4 is 5.73 Å². The van der Waals surface area contributed by atoms with Gasteiger partial charge in [-0.25, -0.2) is 0 Å². The monoisotopic (exact) mass is 209 g/mol. The van der Waals surface area contributed by atoms with E-state index in [9.17, 15) is 5.11 Å². The normalized spacial score (nSPS) is 11.0. The summed E-state index contributed by atoms with van der Waals surface area (Å²) in [4.78, 5) is 0. The minimum atomic E-state index is 0.280. The van der Waals surface area contributed by atoms with Gasteiger partial charge in [-0.05, 0) is 34.4 Å². The molecule has 0 unspecified atom stereocenters. The van der Waals surface area contributed by atoms with Crippen molar-refractivity contribution in [3.63, 3.8) is 0 Å². The quantitative estimate of drug-likeness (QED) is 0.441. The van der Waals surface area contributed by atoms with Gasteiger partial charge in [0.1, 0.15) is 5.75 Å². The predicted molar refractivity (Wildman–Crippen MR) is 67.5 cm³/mol. The molecule has 0 aromatic heterocycles. The molecule has 0 saturated heterocycles. The first-order chi connectivity index (χ1) is 7.75. The van der Waals surface area contributed by atoms with E-state index in [-0.39, 0.29) is 5.75 Å². The number of rotatable bonds is 0. The summed E-state index contributed by atoms with van der Waals surface area (Å²) < 4.78 is 0. The van der Waals surface area contributed by atoms with Crippen molar-refractivity contribution in [2.45, 2.75) is 0 Å². The van der Waals surface area contributed by atoms with Gasteiger partial charge in [0.15, 0.2) is 0 Å². The number of phenolic OH excluding ortho intramolecular Hbond substituents is 1. The Hall–Kier alpha value is -2.22. The average molecular weight is 209 g/mol. The van der Waals surface area contributed by atoms with Crippen LogP contribution in [-0.4, -0.2) is 5.11 Å². The van der Waals surface area contributed by atoms with Gasteiger partial charge in [-0.3, -0.25) is 0 Å². The maximum atomic E-state index is 9.53. The zero-order chi connectivity index (χ0) is 11.1. The summed E-state index contributed by atoms with van der Waals surface area (Å²) in [5, 5.41) is 13.7. The second-order valence-electron chi connectivity index (χ2n) is 3.92. The Morgan fingerprint density at radius 1 is 0.812 bits per heavy atom. The van der Waals surface area contributed by atoms with Crippen molar-refractivity contribution in [1.29, 1.82) is 0 Å². The number of nitrogens with two attached hydrogens (primary N) is 1. The Labute approximate surface area is 92.9 Å². The number of benzene rings is 3. The fourth-order valence-corrected chi connectivity index (χ4v) is 2.12. The van der Waals surface area contributed by atoms with Crippen LogP contribution in [0.3, 0.4) is 0 Å². The van der Waals surface area contributed by atoms with Crippen LogP contribution in [0.4, 0.5) is 5.69 Å². The number of phenols is 1. The van der Waals surface area contributed by atoms with Crippen molar-refractivity contribution in [3.05, 3.63) is 48.5 Å². The van der Waals surface area contributed by atoms with Gasteiger partial charge in [-0.1, -0.05) is 30.3 Å². The number of anilines is 1. The number of nitrogen functional groups attached to an aromatic ring is 1. The SMILES string of the molecule is Nc1cc2ccc(O)cc2c2ccccc12. The van der Waals surface area contributed by atoms with E-state index in [4.69, 9.17) is 5.73 Å². The molecule has 3 N–H and O–H groups in total. The van der Waals surface area contributed by atoms with E-state index in [1.165, 1.54) is 0 Å². The Kier molecular flexibility index (Phi) is 1.77. The standard InChI is InChI=1S/C14H11NO/c15-14-7-9-5-6-10(16)8-13(9)11-3-1-2-4-12(11)14/h1-8,16H,15H2. The lowest BCUT2D eigenvalue weighted by Gasteiger charge is -2.07. The third-order valence-electron chi connectivity index (χ3n) is 2.88. The first-order valence-corrected chi connectivity index (χ1v) is 5.16. The molecule has 0 radical (unpaired) electrons. The highest BCUT2D eigenvalue weighted by molar-refractivity contribution is 6.12. The number of fused-ring (bicyclic) bond motifs is 3. The number of aromatic hydroxyl groups is 1. The fraction of sp³-hybridized carbons (Fsp3) is 0. The average Bonchev–Trinajstić information content (AvgIpc) is 2.31. The molecule has 3 rings (SSSR count). The Bertz CT molecular complexity index is 689. The van der Waals surface area contributed by atoms with E-state index in [2.05, 4.69) is 0 Å². The second kappa shape index (κ2) is 3.14. The summed E-state index contributed by atoms with van der Waals surface area (Å²) in [5.74, 6) is 0.280. The van der Waals surface area contributed by atoms with Crippen molar-refractivity contribution in [1.82, 2.24) is 0 Å². The molecule has 3 aromatic carbocycles. The summed E-state index contributed by atoms with van der Waals surface area (Å²) in [7, 11) is 0. The Morgan fingerprint density at radius 2 is 1.56 bits per heavy atom. The van der Waals surface area contributed by atoms with E-state index >= 15 is 0 Å². The summed E-state index contributed by atoms with van der Waals surface area (Å²) >= 11 is 0. The van der Waals surface area contributed by atoms with Crippen molar-refractivity contribution in [3.8, 4) is 5.75 Å². The first kappa shape index (κ1) is 9.04. The van der Waals surface area contributed by atoms with E-state index in [0.717, 1.165) is 27.2 Å². The molecule has 16 heavy (non-hydrogen) atoms. The maximum Gasteiger partial charge on any atom is 0.116 e. The summed E-state index contributed by atoms with van der Waals surface area (Å²) in [6.07, 6.45) is 0. The molecule has 0 aliphatic rings. The van der Waals surface area contributed by atoms with Crippen LogP contribution in [-0.2, 0) is 0 Å². The van der Waals surface area contributed by atoms with Crippen LogP contribution in [0.25, 0.3) is 21.5 Å². The Balaban J connectivity index is 2.61. The molecule has 0 spiro atoms. The van der Waals surface area contributed by atoms with Gasteiger partial charge < -0.3 is 10.8 Å². The van der Waals surface area contributed by atoms with Crippen LogP contribution in [0, 0.1) is 0 Å². The van der Waals surface area contributed by atoms with Gasteiger partial charge in [0.25, 0.3) is 0 Å². The molecule has 0 aliphatic heterocycles. The van der Waals surface area contributed by atoms with Crippen molar-refractivity contribution < 1.29 is 5.11 Å². The zero-order valence-electron chi connectivity index (χ0n) is 8.64. The van der Waals surface area contributed by atoms with Crippen molar-refractivity contribution in [2.75, 3.05) is 5.73 Å². The summed E-state index contributed by atoms with van der Waals surface area (Å²) in [6.45, 7) is 0. The molecule has 0 saturated carbocycles. The smallest absolute Gasteiger partial charge is 0.116 e. The molecule has 2 heteroatoms. The lowest BCUT2D eigenvalue weighted by atomic mass is 10.0. The van der Waals surface area contributed by atoms with Crippen LogP contribution in [0.2, 0.25) is 0 Å². The van der Waals surface area contributed by atoms with Gasteiger partial charge in [0, 0.05) is 11.1 Å². The number of hydrogen-bond donors (Lipinski definition) is 2. The molecule has 2 nitrogen and oxygen atoms in total. The van der Waals surface area contributed by atoms with Gasteiger partial charge in [-0.15, -0.1) is 0 Å². The molecular weight excluding hydrogens is 198 g/mol. The minimum absolute atomic E-state index is 0.280. The summed E-state index contributed by atoms with van der Waals surface area (Å²) in [6, 6.07) is 15.2. The highest BCUT2D eigenvalue weighted by Gasteiger charge is 2.04. The summed E-state index contributed by atoms with van der Waals surface area (Å²) in [5.41, 5.74) is 6.77. The topological polar surface area (TPSA) is 46.2 Å². The van der Waals surface area contributed by atoms with E-state index in [1.807, 2.05) is 36.4 Å². The molecule has 78 valence electrons. The highest BCUT2D eigenvalue weighted by atomic mass is 16.3. The highest BCUT2D eigenvalue weighted by Crippen LogP contribution is 2.31. The van der Waals surface area contributed by atoms with E-state index in [1.54, 1.807) is 12.1 Å². The van der Waals surface area contributed by atoms with Crippen LogP contribution in [0.1, 0.15) is 0 Å². The largest absolute Gasteiger partial charge is 0.508 e. The third-order valence-corrected chi connectivity index (χ3v) is 2.88. The molecule has 0 atom stereocenters. The van der Waals surface area contributed by atoms with Gasteiger partial charge >= 0.3 is 0 Å². The van der Waals surface area contributed by atoms with Gasteiger partial charge in [0.2, 0.25) is 0 Å². The maximum absolute atomic E-state index is 9.53. The lowest BCUT2D eigenvalue weighted by Crippen LogP contribution is -1.88. The van der Waals surface area contributed by atoms with Crippen LogP contribution >= 0.6 is 0 Å². The third kappa shape index (κ3) is 1.20. The lowest BCUT2D eigenvalue weighted by molar-refractivity contribution is 0.476. The fourth-order valence-electron chi connectivity index (χ4n) is 2.12. The molecule has 0 fully saturated rings. The molecule has 0 amide bonds.